The van der Waals surface area contributed by atoms with Crippen molar-refractivity contribution in [2.24, 2.45) is 0 Å². The molecule has 0 atom stereocenters. The molecule has 124 valence electrons. The number of carbonyl (C=O) groups excluding carboxylic acids is 5. The SMILES string of the molecule is CC(=O)[O-].CC(=O)[O-].CC(=O)[O-].CC(=O)[O-].CC(=O)[O-].[Mn+3]. The van der Waals surface area contributed by atoms with Crippen LogP contribution in [0.2, 0.25) is 0 Å². The first-order valence-corrected chi connectivity index (χ1v) is 4.54. The van der Waals surface area contributed by atoms with Crippen molar-refractivity contribution < 1.29 is 66.6 Å². The molecule has 10 nitrogen and oxygen atoms in total. The molecule has 0 N–H and O–H groups in total. The van der Waals surface area contributed by atoms with Crippen molar-refractivity contribution in [2.45, 2.75) is 34.6 Å². The molecule has 0 amide bonds. The zero-order valence-electron chi connectivity index (χ0n) is 12.0. The molecular weight excluding hydrogens is 335 g/mol. The minimum Gasteiger partial charge on any atom is -0.550 e. The molecular formula is C10H15MnO10-2. The fraction of sp³-hybridized carbons (Fsp3) is 0.500. The summed E-state index contributed by atoms with van der Waals surface area (Å²) in [5.74, 6) is -5.42. The maximum Gasteiger partial charge on any atom is 3.00 e. The quantitative estimate of drug-likeness (QED) is 0.378. The van der Waals surface area contributed by atoms with E-state index in [0.717, 1.165) is 34.6 Å². The van der Waals surface area contributed by atoms with Gasteiger partial charge in [0.15, 0.2) is 0 Å². The summed E-state index contributed by atoms with van der Waals surface area (Å²) in [7, 11) is 0. The third-order valence-corrected chi connectivity index (χ3v) is 0. The average molecular weight is 350 g/mol. The van der Waals surface area contributed by atoms with Crippen LogP contribution in [0.5, 0.6) is 0 Å². The van der Waals surface area contributed by atoms with E-state index in [1.54, 1.807) is 0 Å². The molecule has 0 spiro atoms. The van der Waals surface area contributed by atoms with Crippen LogP contribution < -0.4 is 25.5 Å². The molecule has 0 aliphatic heterocycles. The maximum atomic E-state index is 8.89. The summed E-state index contributed by atoms with van der Waals surface area (Å²) in [6.07, 6.45) is 0. The summed E-state index contributed by atoms with van der Waals surface area (Å²) < 4.78 is 0. The van der Waals surface area contributed by atoms with Crippen LogP contribution in [-0.2, 0) is 41.0 Å². The van der Waals surface area contributed by atoms with Crippen molar-refractivity contribution in [1.82, 2.24) is 0 Å². The van der Waals surface area contributed by atoms with Crippen LogP contribution in [0.25, 0.3) is 0 Å². The van der Waals surface area contributed by atoms with E-state index < -0.39 is 29.8 Å². The van der Waals surface area contributed by atoms with Gasteiger partial charge in [-0.05, 0) is 34.6 Å². The molecule has 0 saturated carbocycles. The van der Waals surface area contributed by atoms with Crippen molar-refractivity contribution in [3.8, 4) is 0 Å². The predicted octanol–water partition coefficient (Wildman–Crippen LogP) is -6.22. The van der Waals surface area contributed by atoms with E-state index in [1.807, 2.05) is 0 Å². The van der Waals surface area contributed by atoms with Crippen molar-refractivity contribution in [1.29, 1.82) is 0 Å². The van der Waals surface area contributed by atoms with Gasteiger partial charge in [0.1, 0.15) is 0 Å². The van der Waals surface area contributed by atoms with Crippen LogP contribution >= 0.6 is 0 Å². The fourth-order valence-electron chi connectivity index (χ4n) is 0. The van der Waals surface area contributed by atoms with Crippen LogP contribution in [-0.4, -0.2) is 29.8 Å². The normalized spacial score (nSPS) is 5.95. The van der Waals surface area contributed by atoms with E-state index in [9.17, 15) is 0 Å². The second kappa shape index (κ2) is 30.7. The van der Waals surface area contributed by atoms with Crippen molar-refractivity contribution in [2.75, 3.05) is 0 Å². The van der Waals surface area contributed by atoms with Gasteiger partial charge in [0.25, 0.3) is 0 Å². The Morgan fingerprint density at radius 3 is 0.429 bits per heavy atom. The Morgan fingerprint density at radius 2 is 0.429 bits per heavy atom. The van der Waals surface area contributed by atoms with Gasteiger partial charge >= 0.3 is 17.1 Å². The molecule has 11 heteroatoms. The Bertz CT molecular complexity index is 211. The largest absolute Gasteiger partial charge is 3.00 e. The number of carbonyl (C=O) groups is 5. The summed E-state index contributed by atoms with van der Waals surface area (Å²) in [6, 6.07) is 0. The van der Waals surface area contributed by atoms with Crippen LogP contribution in [0.1, 0.15) is 34.6 Å². The minimum atomic E-state index is -1.08. The molecule has 21 heavy (non-hydrogen) atoms. The van der Waals surface area contributed by atoms with Gasteiger partial charge in [0.2, 0.25) is 0 Å². The second-order valence-corrected chi connectivity index (χ2v) is 2.46. The van der Waals surface area contributed by atoms with Gasteiger partial charge in [-0.2, -0.15) is 0 Å². The molecule has 0 aromatic heterocycles. The number of carboxylic acid groups (broad SMARTS) is 5. The van der Waals surface area contributed by atoms with Gasteiger partial charge in [-0.3, -0.25) is 0 Å². The molecule has 0 aromatic rings. The number of rotatable bonds is 0. The van der Waals surface area contributed by atoms with E-state index in [-0.39, 0.29) is 17.1 Å². The van der Waals surface area contributed by atoms with Gasteiger partial charge in [-0.1, -0.05) is 0 Å². The summed E-state index contributed by atoms with van der Waals surface area (Å²) in [5, 5.41) is 44.4. The van der Waals surface area contributed by atoms with Crippen LogP contribution in [0.15, 0.2) is 0 Å². The molecule has 0 heterocycles. The summed E-state index contributed by atoms with van der Waals surface area (Å²) in [5.41, 5.74) is 0. The van der Waals surface area contributed by atoms with E-state index in [2.05, 4.69) is 0 Å². The average Bonchev–Trinajstić information content (AvgIpc) is 1.94. The standard InChI is InChI=1S/5C2H4O2.Mn/c5*1-2(3)4;/h5*1H3,(H,3,4);/q;;;;;+3/p-5. The van der Waals surface area contributed by atoms with E-state index >= 15 is 0 Å². The summed E-state index contributed by atoms with van der Waals surface area (Å²) >= 11 is 0. The first-order chi connectivity index (χ1) is 8.66. The van der Waals surface area contributed by atoms with Crippen LogP contribution in [0, 0.1) is 0 Å². The zero-order chi connectivity index (χ0) is 17.9. The Labute approximate surface area is 131 Å². The molecule has 0 radical (unpaired) electrons. The van der Waals surface area contributed by atoms with Gasteiger partial charge in [-0.15, -0.1) is 0 Å². The summed E-state index contributed by atoms with van der Waals surface area (Å²) in [6.45, 7) is 4.86. The predicted molar refractivity (Wildman–Crippen MR) is 53.4 cm³/mol. The monoisotopic (exact) mass is 350 g/mol. The Balaban J connectivity index is -0.0000000331. The van der Waals surface area contributed by atoms with E-state index in [4.69, 9.17) is 49.5 Å². The van der Waals surface area contributed by atoms with Crippen molar-refractivity contribution >= 4 is 29.8 Å². The van der Waals surface area contributed by atoms with E-state index in [0.29, 0.717) is 0 Å². The van der Waals surface area contributed by atoms with Crippen LogP contribution in [0.3, 0.4) is 0 Å². The Hall–Kier alpha value is -2.13. The summed E-state index contributed by atoms with van der Waals surface area (Å²) in [4.78, 5) is 44.4. The van der Waals surface area contributed by atoms with Gasteiger partial charge in [0, 0.05) is 29.8 Å². The van der Waals surface area contributed by atoms with Gasteiger partial charge < -0.3 is 49.5 Å². The first-order valence-electron chi connectivity index (χ1n) is 4.54. The third-order valence-electron chi connectivity index (χ3n) is 0. The number of carboxylic acids is 5. The Morgan fingerprint density at radius 1 is 0.429 bits per heavy atom. The molecule has 0 bridgehead atoms. The second-order valence-electron chi connectivity index (χ2n) is 2.46. The third kappa shape index (κ3) is 991. The van der Waals surface area contributed by atoms with Crippen molar-refractivity contribution in [3.05, 3.63) is 0 Å². The number of hydrogen-bond donors (Lipinski definition) is 0. The molecule has 0 aromatic carbocycles. The van der Waals surface area contributed by atoms with Crippen LogP contribution in [0.4, 0.5) is 0 Å². The Kier molecular flexibility index (Phi) is 53.2. The topological polar surface area (TPSA) is 201 Å². The molecule has 0 rings (SSSR count). The molecule has 0 fully saturated rings. The molecule has 0 saturated heterocycles. The minimum absolute atomic E-state index is 0. The first kappa shape index (κ1) is 36.4. The zero-order valence-corrected chi connectivity index (χ0v) is 13.1. The number of aliphatic carboxylic acids is 5. The van der Waals surface area contributed by atoms with Crippen molar-refractivity contribution in [3.63, 3.8) is 0 Å². The fourth-order valence-corrected chi connectivity index (χ4v) is 0. The van der Waals surface area contributed by atoms with Gasteiger partial charge in [-0.25, -0.2) is 0 Å². The maximum absolute atomic E-state index is 8.89. The smallest absolute Gasteiger partial charge is 0.550 e. The van der Waals surface area contributed by atoms with Gasteiger partial charge in [0.05, 0.1) is 0 Å². The molecule has 0 aliphatic rings. The number of hydrogen-bond acceptors (Lipinski definition) is 10. The van der Waals surface area contributed by atoms with E-state index in [1.165, 1.54) is 0 Å². The molecule has 0 unspecified atom stereocenters. The molecule has 0 aliphatic carbocycles.